The van der Waals surface area contributed by atoms with Crippen LogP contribution in [-0.2, 0) is 19.6 Å². The summed E-state index contributed by atoms with van der Waals surface area (Å²) in [7, 11) is 0. The highest BCUT2D eigenvalue weighted by Gasteiger charge is 2.09. The molecule has 0 unspecified atom stereocenters. The van der Waals surface area contributed by atoms with Crippen LogP contribution in [0.2, 0.25) is 0 Å². The van der Waals surface area contributed by atoms with Gasteiger partial charge in [-0.3, -0.25) is 4.68 Å². The van der Waals surface area contributed by atoms with Crippen LogP contribution in [0.25, 0.3) is 0 Å². The summed E-state index contributed by atoms with van der Waals surface area (Å²) in [5.74, 6) is 0. The zero-order valence-corrected chi connectivity index (χ0v) is 7.16. The molecule has 0 amide bonds. The van der Waals surface area contributed by atoms with Crippen LogP contribution >= 0.6 is 0 Å². The molecule has 0 saturated heterocycles. The fourth-order valence-corrected chi connectivity index (χ4v) is 1.73. The monoisotopic (exact) mass is 166 g/mol. The van der Waals surface area contributed by atoms with Crippen molar-refractivity contribution < 1.29 is 5.11 Å². The molecule has 3 heteroatoms. The van der Waals surface area contributed by atoms with Crippen LogP contribution in [0.1, 0.15) is 30.7 Å². The van der Waals surface area contributed by atoms with E-state index in [2.05, 4.69) is 5.10 Å². The summed E-state index contributed by atoms with van der Waals surface area (Å²) in [5, 5.41) is 13.2. The molecule has 66 valence electrons. The van der Waals surface area contributed by atoms with Crippen molar-refractivity contribution in [3.63, 3.8) is 0 Å². The maximum Gasteiger partial charge on any atom is 0.0881 e. The first kappa shape index (κ1) is 7.80. The zero-order valence-electron chi connectivity index (χ0n) is 7.16. The van der Waals surface area contributed by atoms with Crippen molar-refractivity contribution in [3.05, 3.63) is 17.5 Å². The Morgan fingerprint density at radius 2 is 2.33 bits per heavy atom. The van der Waals surface area contributed by atoms with Crippen LogP contribution in [0.3, 0.4) is 0 Å². The van der Waals surface area contributed by atoms with Crippen LogP contribution in [0.4, 0.5) is 0 Å². The van der Waals surface area contributed by atoms with E-state index in [1.165, 1.54) is 25.0 Å². The van der Waals surface area contributed by atoms with E-state index < -0.39 is 0 Å². The van der Waals surface area contributed by atoms with Gasteiger partial charge >= 0.3 is 0 Å². The fourth-order valence-electron chi connectivity index (χ4n) is 1.73. The molecule has 1 aromatic heterocycles. The molecule has 0 saturated carbocycles. The minimum Gasteiger partial charge on any atom is -0.390 e. The van der Waals surface area contributed by atoms with Gasteiger partial charge in [0.15, 0.2) is 0 Å². The third-order valence-corrected chi connectivity index (χ3v) is 2.38. The average molecular weight is 166 g/mol. The minimum atomic E-state index is 0.0694. The van der Waals surface area contributed by atoms with Gasteiger partial charge in [0.2, 0.25) is 0 Å². The second-order valence-corrected chi connectivity index (χ2v) is 3.32. The zero-order chi connectivity index (χ0) is 8.39. The Bertz CT molecular complexity index is 244. The van der Waals surface area contributed by atoms with Crippen molar-refractivity contribution in [3.8, 4) is 0 Å². The summed E-state index contributed by atoms with van der Waals surface area (Å²) in [4.78, 5) is 0. The molecule has 12 heavy (non-hydrogen) atoms. The van der Waals surface area contributed by atoms with Crippen molar-refractivity contribution in [1.29, 1.82) is 0 Å². The van der Waals surface area contributed by atoms with Gasteiger partial charge in [-0.25, -0.2) is 0 Å². The van der Waals surface area contributed by atoms with Gasteiger partial charge in [-0.1, -0.05) is 6.42 Å². The molecular weight excluding hydrogens is 152 g/mol. The largest absolute Gasteiger partial charge is 0.390 e. The van der Waals surface area contributed by atoms with E-state index in [1.54, 1.807) is 0 Å². The van der Waals surface area contributed by atoms with Gasteiger partial charge in [-0.2, -0.15) is 5.10 Å². The molecule has 1 aromatic rings. The van der Waals surface area contributed by atoms with Gasteiger partial charge in [0, 0.05) is 12.2 Å². The quantitative estimate of drug-likeness (QED) is 0.678. The number of aryl methyl sites for hydroxylation is 2. The molecule has 1 aliphatic rings. The van der Waals surface area contributed by atoms with E-state index in [0.29, 0.717) is 0 Å². The maximum atomic E-state index is 8.88. The summed E-state index contributed by atoms with van der Waals surface area (Å²) in [6, 6.07) is 2.02. The molecule has 2 heterocycles. The van der Waals surface area contributed by atoms with Gasteiger partial charge in [0.1, 0.15) is 0 Å². The molecule has 0 fully saturated rings. The molecule has 2 rings (SSSR count). The Kier molecular flexibility index (Phi) is 2.13. The average Bonchev–Trinajstić information content (AvgIpc) is 2.37. The van der Waals surface area contributed by atoms with E-state index in [9.17, 15) is 0 Å². The molecule has 1 N–H and O–H groups in total. The lowest BCUT2D eigenvalue weighted by Crippen LogP contribution is -2.01. The van der Waals surface area contributed by atoms with Gasteiger partial charge < -0.3 is 5.11 Å². The van der Waals surface area contributed by atoms with Crippen molar-refractivity contribution in [2.45, 2.75) is 38.8 Å². The standard InChI is InChI=1S/C9H14N2O/c12-7-8-6-9-4-2-1-3-5-11(9)10-8/h6,12H,1-5,7H2. The topological polar surface area (TPSA) is 38.0 Å². The number of rotatable bonds is 1. The first-order chi connectivity index (χ1) is 5.90. The van der Waals surface area contributed by atoms with Crippen LogP contribution in [0, 0.1) is 0 Å². The molecule has 0 atom stereocenters. The molecule has 0 radical (unpaired) electrons. The Labute approximate surface area is 72.0 Å². The highest BCUT2D eigenvalue weighted by molar-refractivity contribution is 5.10. The number of hydrogen-bond donors (Lipinski definition) is 1. The van der Waals surface area contributed by atoms with Crippen LogP contribution < -0.4 is 0 Å². The Balaban J connectivity index is 2.26. The van der Waals surface area contributed by atoms with Gasteiger partial charge in [0.25, 0.3) is 0 Å². The van der Waals surface area contributed by atoms with Crippen LogP contribution in [0.5, 0.6) is 0 Å². The minimum absolute atomic E-state index is 0.0694. The van der Waals surface area contributed by atoms with E-state index in [4.69, 9.17) is 5.11 Å². The number of fused-ring (bicyclic) bond motifs is 1. The molecule has 0 spiro atoms. The Morgan fingerprint density at radius 1 is 1.42 bits per heavy atom. The molecule has 3 nitrogen and oxygen atoms in total. The number of aliphatic hydroxyl groups is 1. The van der Waals surface area contributed by atoms with E-state index in [-0.39, 0.29) is 6.61 Å². The normalized spacial score (nSPS) is 17.1. The Hall–Kier alpha value is -0.830. The predicted octanol–water partition coefficient (Wildman–Crippen LogP) is 1.10. The van der Waals surface area contributed by atoms with Gasteiger partial charge in [0.05, 0.1) is 12.3 Å². The number of aliphatic hydroxyl groups excluding tert-OH is 1. The molecule has 1 aliphatic heterocycles. The summed E-state index contributed by atoms with van der Waals surface area (Å²) in [5.41, 5.74) is 2.10. The summed E-state index contributed by atoms with van der Waals surface area (Å²) < 4.78 is 2.04. The number of aromatic nitrogens is 2. The highest BCUT2D eigenvalue weighted by Crippen LogP contribution is 2.14. The van der Waals surface area contributed by atoms with Crippen molar-refractivity contribution in [2.24, 2.45) is 0 Å². The predicted molar refractivity (Wildman–Crippen MR) is 45.7 cm³/mol. The van der Waals surface area contributed by atoms with Crippen molar-refractivity contribution >= 4 is 0 Å². The molecule has 0 aromatic carbocycles. The maximum absolute atomic E-state index is 8.88. The second kappa shape index (κ2) is 3.27. The van der Waals surface area contributed by atoms with Crippen LogP contribution in [-0.4, -0.2) is 14.9 Å². The van der Waals surface area contributed by atoms with Crippen LogP contribution in [0.15, 0.2) is 6.07 Å². The smallest absolute Gasteiger partial charge is 0.0881 e. The second-order valence-electron chi connectivity index (χ2n) is 3.32. The molecule has 0 aliphatic carbocycles. The Morgan fingerprint density at radius 3 is 3.17 bits per heavy atom. The molecule has 0 bridgehead atoms. The van der Waals surface area contributed by atoms with E-state index >= 15 is 0 Å². The van der Waals surface area contributed by atoms with Gasteiger partial charge in [-0.15, -0.1) is 0 Å². The fraction of sp³-hybridized carbons (Fsp3) is 0.667. The lowest BCUT2D eigenvalue weighted by molar-refractivity contribution is 0.275. The van der Waals surface area contributed by atoms with Gasteiger partial charge in [-0.05, 0) is 25.3 Å². The third kappa shape index (κ3) is 1.37. The SMILES string of the molecule is OCc1cc2n(n1)CCCCC2. The lowest BCUT2D eigenvalue weighted by atomic mass is 10.2. The van der Waals surface area contributed by atoms with E-state index in [1.807, 2.05) is 10.7 Å². The third-order valence-electron chi connectivity index (χ3n) is 2.38. The first-order valence-electron chi connectivity index (χ1n) is 4.56. The summed E-state index contributed by atoms with van der Waals surface area (Å²) in [6.45, 7) is 1.09. The summed E-state index contributed by atoms with van der Waals surface area (Å²) >= 11 is 0. The number of nitrogens with zero attached hydrogens (tertiary/aromatic N) is 2. The summed E-state index contributed by atoms with van der Waals surface area (Å²) in [6.07, 6.45) is 4.90. The number of hydrogen-bond acceptors (Lipinski definition) is 2. The lowest BCUT2D eigenvalue weighted by Gasteiger charge is -1.99. The first-order valence-corrected chi connectivity index (χ1v) is 4.56. The van der Waals surface area contributed by atoms with Crippen molar-refractivity contribution in [2.75, 3.05) is 0 Å². The van der Waals surface area contributed by atoms with Crippen molar-refractivity contribution in [1.82, 2.24) is 9.78 Å². The van der Waals surface area contributed by atoms with E-state index in [0.717, 1.165) is 18.7 Å². The highest BCUT2D eigenvalue weighted by atomic mass is 16.3. The molecular formula is C9H14N2O.